The van der Waals surface area contributed by atoms with Crippen molar-refractivity contribution in [2.75, 3.05) is 14.2 Å². The molecule has 1 aromatic carbocycles. The van der Waals surface area contributed by atoms with E-state index in [0.29, 0.717) is 27.7 Å². The number of nitrogens with one attached hydrogen (secondary N) is 1. The summed E-state index contributed by atoms with van der Waals surface area (Å²) >= 11 is 0. The lowest BCUT2D eigenvalue weighted by Gasteiger charge is -2.11. The average molecular weight is 420 g/mol. The van der Waals surface area contributed by atoms with Crippen LogP contribution in [-0.2, 0) is 7.05 Å². The SMILES string of the molecule is COc1cnc(-n2c(=O)n(C)c3cnc4cc(OC)c(-c5ccn[nH]5)cc4c32)c(F)c1. The van der Waals surface area contributed by atoms with E-state index in [1.54, 1.807) is 38.7 Å². The molecular weight excluding hydrogens is 403 g/mol. The van der Waals surface area contributed by atoms with Crippen LogP contribution >= 0.6 is 0 Å². The highest BCUT2D eigenvalue weighted by Gasteiger charge is 2.21. The third-order valence-corrected chi connectivity index (χ3v) is 5.24. The van der Waals surface area contributed by atoms with Gasteiger partial charge >= 0.3 is 5.69 Å². The summed E-state index contributed by atoms with van der Waals surface area (Å²) in [6.07, 6.45) is 4.57. The van der Waals surface area contributed by atoms with Crippen LogP contribution < -0.4 is 15.2 Å². The molecule has 0 unspecified atom stereocenters. The monoisotopic (exact) mass is 420 g/mol. The van der Waals surface area contributed by atoms with Crippen LogP contribution in [0.2, 0.25) is 0 Å². The van der Waals surface area contributed by atoms with E-state index in [1.165, 1.54) is 28.5 Å². The molecule has 0 aliphatic rings. The molecule has 0 amide bonds. The molecule has 0 aliphatic heterocycles. The zero-order valence-electron chi connectivity index (χ0n) is 16.9. The first-order chi connectivity index (χ1) is 15.0. The van der Waals surface area contributed by atoms with Gasteiger partial charge in [-0.3, -0.25) is 14.6 Å². The topological polar surface area (TPSA) is 99.8 Å². The van der Waals surface area contributed by atoms with Crippen molar-refractivity contribution >= 4 is 21.9 Å². The molecule has 9 nitrogen and oxygen atoms in total. The van der Waals surface area contributed by atoms with Gasteiger partial charge in [0, 0.05) is 36.3 Å². The van der Waals surface area contributed by atoms with Crippen LogP contribution in [0.15, 0.2) is 47.7 Å². The second-order valence-electron chi connectivity index (χ2n) is 6.89. The van der Waals surface area contributed by atoms with Crippen molar-refractivity contribution in [1.29, 1.82) is 0 Å². The second-order valence-corrected chi connectivity index (χ2v) is 6.89. The Kier molecular flexibility index (Phi) is 4.21. The number of aryl methyl sites for hydroxylation is 1. The maximum atomic E-state index is 14.9. The Labute approximate surface area is 174 Å². The van der Waals surface area contributed by atoms with E-state index < -0.39 is 11.5 Å². The minimum Gasteiger partial charge on any atom is -0.496 e. The fourth-order valence-electron chi connectivity index (χ4n) is 3.70. The number of hydrogen-bond acceptors (Lipinski definition) is 6. The minimum atomic E-state index is -0.679. The van der Waals surface area contributed by atoms with Gasteiger partial charge in [0.15, 0.2) is 11.6 Å². The van der Waals surface area contributed by atoms with E-state index in [0.717, 1.165) is 11.3 Å². The van der Waals surface area contributed by atoms with Crippen LogP contribution in [0.25, 0.3) is 39.0 Å². The highest BCUT2D eigenvalue weighted by atomic mass is 19.1. The summed E-state index contributed by atoms with van der Waals surface area (Å²) in [5.41, 5.74) is 2.62. The molecule has 0 saturated carbocycles. The summed E-state index contributed by atoms with van der Waals surface area (Å²) in [6, 6.07) is 6.61. The molecule has 0 fully saturated rings. The third-order valence-electron chi connectivity index (χ3n) is 5.24. The predicted molar refractivity (Wildman–Crippen MR) is 112 cm³/mol. The Morgan fingerprint density at radius 1 is 1.10 bits per heavy atom. The van der Waals surface area contributed by atoms with Gasteiger partial charge in [-0.2, -0.15) is 5.10 Å². The first-order valence-corrected chi connectivity index (χ1v) is 9.31. The number of pyridine rings is 2. The maximum Gasteiger partial charge on any atom is 0.334 e. The first-order valence-electron chi connectivity index (χ1n) is 9.31. The summed E-state index contributed by atoms with van der Waals surface area (Å²) < 4.78 is 28.1. The standard InChI is InChI=1S/C21H17FN6O3/c1-27-17-10-23-16-8-18(31-3)12(15-4-5-25-26-15)7-13(16)19(17)28(21(27)29)20-14(22)6-11(30-2)9-24-20/h4-10H,1-3H3,(H,25,26). The quantitative estimate of drug-likeness (QED) is 0.480. The van der Waals surface area contributed by atoms with Gasteiger partial charge < -0.3 is 9.47 Å². The van der Waals surface area contributed by atoms with E-state index in [1.807, 2.05) is 6.07 Å². The van der Waals surface area contributed by atoms with Crippen LogP contribution in [-0.4, -0.2) is 43.5 Å². The van der Waals surface area contributed by atoms with Gasteiger partial charge in [-0.15, -0.1) is 0 Å². The summed E-state index contributed by atoms with van der Waals surface area (Å²) in [4.78, 5) is 21.7. The van der Waals surface area contributed by atoms with Crippen LogP contribution in [0, 0.1) is 5.82 Å². The van der Waals surface area contributed by atoms with Gasteiger partial charge in [-0.25, -0.2) is 18.7 Å². The molecule has 5 rings (SSSR count). The molecule has 31 heavy (non-hydrogen) atoms. The number of aromatic nitrogens is 6. The van der Waals surface area contributed by atoms with E-state index in [2.05, 4.69) is 20.2 Å². The Bertz CT molecular complexity index is 1500. The number of aromatic amines is 1. The second kappa shape index (κ2) is 6.94. The van der Waals surface area contributed by atoms with Gasteiger partial charge in [0.2, 0.25) is 0 Å². The zero-order valence-corrected chi connectivity index (χ0v) is 16.9. The summed E-state index contributed by atoms with van der Waals surface area (Å²) in [7, 11) is 4.59. The van der Waals surface area contributed by atoms with Crippen molar-refractivity contribution in [3.63, 3.8) is 0 Å². The van der Waals surface area contributed by atoms with Gasteiger partial charge in [-0.1, -0.05) is 0 Å². The zero-order chi connectivity index (χ0) is 21.7. The Hall–Kier alpha value is -4.21. The smallest absolute Gasteiger partial charge is 0.334 e. The van der Waals surface area contributed by atoms with Crippen LogP contribution in [0.5, 0.6) is 11.5 Å². The minimum absolute atomic E-state index is 0.122. The molecular formula is C21H17FN6O3. The Balaban J connectivity index is 1.92. The lowest BCUT2D eigenvalue weighted by atomic mass is 10.1. The van der Waals surface area contributed by atoms with Gasteiger partial charge in [0.1, 0.15) is 11.5 Å². The van der Waals surface area contributed by atoms with Crippen molar-refractivity contribution in [2.45, 2.75) is 0 Å². The van der Waals surface area contributed by atoms with Crippen molar-refractivity contribution in [1.82, 2.24) is 29.3 Å². The number of ether oxygens (including phenoxy) is 2. The van der Waals surface area contributed by atoms with Crippen LogP contribution in [0.3, 0.4) is 0 Å². The molecule has 5 aromatic rings. The Morgan fingerprint density at radius 2 is 1.94 bits per heavy atom. The molecule has 10 heteroatoms. The normalized spacial score (nSPS) is 11.4. The molecule has 4 heterocycles. The molecule has 0 radical (unpaired) electrons. The molecule has 1 N–H and O–H groups in total. The number of benzene rings is 1. The largest absolute Gasteiger partial charge is 0.496 e. The lowest BCUT2D eigenvalue weighted by molar-refractivity contribution is 0.408. The average Bonchev–Trinajstić information content (AvgIpc) is 3.40. The number of H-pyrrole nitrogens is 1. The van der Waals surface area contributed by atoms with Gasteiger partial charge in [0.05, 0.1) is 48.9 Å². The van der Waals surface area contributed by atoms with Crippen molar-refractivity contribution in [3.8, 4) is 28.6 Å². The van der Waals surface area contributed by atoms with E-state index >= 15 is 0 Å². The molecule has 4 aromatic heterocycles. The molecule has 0 saturated heterocycles. The highest BCUT2D eigenvalue weighted by molar-refractivity contribution is 6.05. The van der Waals surface area contributed by atoms with E-state index in [9.17, 15) is 9.18 Å². The van der Waals surface area contributed by atoms with Crippen LogP contribution in [0.1, 0.15) is 0 Å². The molecule has 0 atom stereocenters. The summed E-state index contributed by atoms with van der Waals surface area (Å²) in [6.45, 7) is 0. The number of halogens is 1. The van der Waals surface area contributed by atoms with Crippen LogP contribution in [0.4, 0.5) is 4.39 Å². The fourth-order valence-corrected chi connectivity index (χ4v) is 3.70. The summed E-state index contributed by atoms with van der Waals surface area (Å²) in [5, 5.41) is 7.55. The van der Waals surface area contributed by atoms with Crippen molar-refractivity contribution < 1.29 is 13.9 Å². The van der Waals surface area contributed by atoms with Crippen molar-refractivity contribution in [3.05, 3.63) is 59.2 Å². The maximum absolute atomic E-state index is 14.9. The van der Waals surface area contributed by atoms with Crippen molar-refractivity contribution in [2.24, 2.45) is 7.05 Å². The molecule has 0 bridgehead atoms. The third kappa shape index (κ3) is 2.75. The number of methoxy groups -OCH3 is 2. The number of fused-ring (bicyclic) bond motifs is 3. The fraction of sp³-hybridized carbons (Fsp3) is 0.143. The lowest BCUT2D eigenvalue weighted by Crippen LogP contribution is -2.22. The Morgan fingerprint density at radius 3 is 2.61 bits per heavy atom. The molecule has 156 valence electrons. The van der Waals surface area contributed by atoms with E-state index in [4.69, 9.17) is 9.47 Å². The van der Waals surface area contributed by atoms with Gasteiger partial charge in [-0.05, 0) is 12.1 Å². The number of rotatable bonds is 4. The molecule has 0 spiro atoms. The van der Waals surface area contributed by atoms with E-state index in [-0.39, 0.29) is 11.6 Å². The number of imidazole rings is 1. The van der Waals surface area contributed by atoms with Gasteiger partial charge in [0.25, 0.3) is 0 Å². The first kappa shape index (κ1) is 18.8. The highest BCUT2D eigenvalue weighted by Crippen LogP contribution is 2.35. The predicted octanol–water partition coefficient (Wildman–Crippen LogP) is 2.82. The number of hydrogen-bond donors (Lipinski definition) is 1. The number of nitrogens with zero attached hydrogens (tertiary/aromatic N) is 5. The summed E-state index contributed by atoms with van der Waals surface area (Å²) in [5.74, 6) is 0.0403. The molecule has 0 aliphatic carbocycles.